The zero-order valence-electron chi connectivity index (χ0n) is 24.8. The molecule has 5 aromatic rings. The minimum absolute atomic E-state index is 0.140. The number of fused-ring (bicyclic) bond motifs is 1. The molecule has 0 radical (unpaired) electrons. The number of piperidine rings is 1. The number of likely N-dealkylation sites (tertiary alicyclic amines) is 1. The number of H-pyrrole nitrogens is 1. The van der Waals surface area contributed by atoms with Crippen molar-refractivity contribution in [1.82, 2.24) is 19.9 Å². The van der Waals surface area contributed by atoms with Crippen molar-refractivity contribution in [2.45, 2.75) is 37.0 Å². The maximum atomic E-state index is 13.4. The van der Waals surface area contributed by atoms with Crippen molar-refractivity contribution in [1.29, 1.82) is 0 Å². The van der Waals surface area contributed by atoms with Crippen molar-refractivity contribution < 1.29 is 14.3 Å². The highest BCUT2D eigenvalue weighted by Gasteiger charge is 2.55. The molecule has 0 aliphatic carbocycles. The Morgan fingerprint density at radius 1 is 0.930 bits per heavy atom. The van der Waals surface area contributed by atoms with Gasteiger partial charge in [0.2, 0.25) is 5.91 Å². The number of nitrogens with one attached hydrogen (secondary N) is 1. The highest BCUT2D eigenvalue weighted by atomic mass is 16.5. The number of nitrogen functional groups attached to an aromatic ring is 1. The first-order valence-electron chi connectivity index (χ1n) is 14.6. The molecular formula is C35H37N5O3. The number of anilines is 1. The lowest BCUT2D eigenvalue weighted by molar-refractivity contribution is -0.132. The molecule has 0 spiro atoms. The molecule has 3 heterocycles. The van der Waals surface area contributed by atoms with Crippen LogP contribution in [0, 0.1) is 0 Å². The number of aromatic amines is 1. The highest BCUT2D eigenvalue weighted by molar-refractivity contribution is 5.91. The van der Waals surface area contributed by atoms with Crippen LogP contribution in [0.4, 0.5) is 5.82 Å². The first-order valence-corrected chi connectivity index (χ1v) is 14.6. The Morgan fingerprint density at radius 2 is 1.58 bits per heavy atom. The predicted molar refractivity (Wildman–Crippen MR) is 168 cm³/mol. The van der Waals surface area contributed by atoms with E-state index in [9.17, 15) is 4.79 Å². The van der Waals surface area contributed by atoms with E-state index in [1.165, 1.54) is 5.56 Å². The minimum Gasteiger partial charge on any atom is -0.493 e. The maximum absolute atomic E-state index is 13.4. The van der Waals surface area contributed by atoms with Crippen molar-refractivity contribution in [3.05, 3.63) is 114 Å². The molecule has 3 N–H and O–H groups in total. The molecule has 220 valence electrons. The first kappa shape index (κ1) is 28.3. The normalized spacial score (nSPS) is 16.0. The third-order valence-electron chi connectivity index (χ3n) is 9.27. The third-order valence-corrected chi connectivity index (χ3v) is 9.27. The van der Waals surface area contributed by atoms with E-state index in [4.69, 9.17) is 25.2 Å². The monoisotopic (exact) mass is 575 g/mol. The van der Waals surface area contributed by atoms with E-state index in [0.717, 1.165) is 24.1 Å². The molecule has 8 heteroatoms. The lowest BCUT2D eigenvalue weighted by atomic mass is 9.54. The van der Waals surface area contributed by atoms with Gasteiger partial charge in [-0.1, -0.05) is 60.7 Å². The fourth-order valence-corrected chi connectivity index (χ4v) is 6.79. The molecule has 1 fully saturated rings. The van der Waals surface area contributed by atoms with E-state index in [2.05, 4.69) is 42.2 Å². The molecule has 8 nitrogen and oxygen atoms in total. The van der Waals surface area contributed by atoms with E-state index in [1.54, 1.807) is 14.2 Å². The molecule has 1 atom stereocenters. The van der Waals surface area contributed by atoms with Crippen LogP contribution in [0.1, 0.15) is 42.4 Å². The van der Waals surface area contributed by atoms with Gasteiger partial charge in [0.15, 0.2) is 11.5 Å². The molecule has 43 heavy (non-hydrogen) atoms. The number of carbonyl (C=O) groups excluding carboxylic acids is 1. The number of hydrogen-bond donors (Lipinski definition) is 2. The second kappa shape index (κ2) is 11.4. The van der Waals surface area contributed by atoms with Gasteiger partial charge in [0.05, 0.1) is 31.6 Å². The van der Waals surface area contributed by atoms with Crippen molar-refractivity contribution in [3.63, 3.8) is 0 Å². The van der Waals surface area contributed by atoms with E-state index in [1.807, 2.05) is 65.7 Å². The number of carbonyl (C=O) groups is 1. The summed E-state index contributed by atoms with van der Waals surface area (Å²) in [6, 6.07) is 28.2. The molecule has 0 saturated carbocycles. The summed E-state index contributed by atoms with van der Waals surface area (Å²) in [4.78, 5) is 29.1. The van der Waals surface area contributed by atoms with E-state index in [-0.39, 0.29) is 5.91 Å². The first-order chi connectivity index (χ1) is 20.9. The van der Waals surface area contributed by atoms with Crippen molar-refractivity contribution in [2.24, 2.45) is 0 Å². The van der Waals surface area contributed by atoms with Gasteiger partial charge in [0.25, 0.3) is 0 Å². The van der Waals surface area contributed by atoms with Crippen LogP contribution in [0.25, 0.3) is 10.9 Å². The lowest BCUT2D eigenvalue weighted by Crippen LogP contribution is -2.56. The number of ether oxygens (including phenoxy) is 2. The highest BCUT2D eigenvalue weighted by Crippen LogP contribution is 2.53. The quantitative estimate of drug-likeness (QED) is 0.247. The van der Waals surface area contributed by atoms with Crippen molar-refractivity contribution in [2.75, 3.05) is 33.0 Å². The second-order valence-corrected chi connectivity index (χ2v) is 11.4. The molecule has 1 amide bonds. The third kappa shape index (κ3) is 4.86. The molecule has 1 saturated heterocycles. The Bertz CT molecular complexity index is 1720. The van der Waals surface area contributed by atoms with Gasteiger partial charge in [-0.3, -0.25) is 4.79 Å². The van der Waals surface area contributed by atoms with Gasteiger partial charge in [0, 0.05) is 41.8 Å². The largest absolute Gasteiger partial charge is 0.493 e. The zero-order valence-corrected chi connectivity index (χ0v) is 24.8. The number of aromatic nitrogens is 3. The zero-order chi connectivity index (χ0) is 30.0. The molecule has 1 aliphatic heterocycles. The molecule has 0 bridgehead atoms. The lowest BCUT2D eigenvalue weighted by Gasteiger charge is -2.52. The number of hydrogen-bond acceptors (Lipinski definition) is 6. The van der Waals surface area contributed by atoms with Crippen molar-refractivity contribution in [3.8, 4) is 11.5 Å². The summed E-state index contributed by atoms with van der Waals surface area (Å²) >= 11 is 0. The van der Waals surface area contributed by atoms with Gasteiger partial charge >= 0.3 is 0 Å². The standard InChI is InChI=1S/C35H37N5O3/c1-34(30-15-10-18-37-30,33-38-27-23-29(43-3)28(42-2)22-26(27)32(36)39-33)35(25-13-8-5-9-14-25)16-19-40(20-17-35)31(41)21-24-11-6-4-7-12-24/h4-15,18,22-23,37H,16-17,19-21H2,1-3H3,(H2,36,38,39). The Morgan fingerprint density at radius 3 is 2.21 bits per heavy atom. The van der Waals surface area contributed by atoms with E-state index >= 15 is 0 Å². The van der Waals surface area contributed by atoms with E-state index in [0.29, 0.717) is 53.6 Å². The van der Waals surface area contributed by atoms with Crippen LogP contribution in [0.3, 0.4) is 0 Å². The minimum atomic E-state index is -0.720. The summed E-state index contributed by atoms with van der Waals surface area (Å²) in [5, 5.41) is 0.699. The average molecular weight is 576 g/mol. The van der Waals surface area contributed by atoms with Crippen LogP contribution < -0.4 is 15.2 Å². The summed E-state index contributed by atoms with van der Waals surface area (Å²) in [7, 11) is 3.20. The number of benzene rings is 3. The van der Waals surface area contributed by atoms with Gasteiger partial charge in [-0.25, -0.2) is 9.97 Å². The molecule has 1 aliphatic rings. The van der Waals surface area contributed by atoms with Crippen LogP contribution in [0.5, 0.6) is 11.5 Å². The average Bonchev–Trinajstić information content (AvgIpc) is 3.60. The van der Waals surface area contributed by atoms with Crippen LogP contribution in [0.15, 0.2) is 91.1 Å². The summed E-state index contributed by atoms with van der Waals surface area (Å²) in [6.07, 6.45) is 3.77. The SMILES string of the molecule is COc1cc2nc(C(C)(c3ccc[nH]3)C3(c4ccccc4)CCN(C(=O)Cc4ccccc4)CC3)nc(N)c2cc1OC. The van der Waals surface area contributed by atoms with E-state index < -0.39 is 10.8 Å². The smallest absolute Gasteiger partial charge is 0.226 e. The predicted octanol–water partition coefficient (Wildman–Crippen LogP) is 5.67. The topological polar surface area (TPSA) is 106 Å². The van der Waals surface area contributed by atoms with Crippen molar-refractivity contribution >= 4 is 22.6 Å². The molecule has 3 aromatic carbocycles. The maximum Gasteiger partial charge on any atom is 0.226 e. The second-order valence-electron chi connectivity index (χ2n) is 11.4. The summed E-state index contributed by atoms with van der Waals surface area (Å²) in [6.45, 7) is 3.44. The van der Waals surface area contributed by atoms with Gasteiger partial charge in [-0.2, -0.15) is 0 Å². The van der Waals surface area contributed by atoms with Crippen LogP contribution in [-0.2, 0) is 22.0 Å². The summed E-state index contributed by atoms with van der Waals surface area (Å²) in [5.41, 5.74) is 9.36. The van der Waals surface area contributed by atoms with Gasteiger partial charge in [-0.15, -0.1) is 0 Å². The molecular weight excluding hydrogens is 538 g/mol. The van der Waals surface area contributed by atoms with Gasteiger partial charge < -0.3 is 25.1 Å². The fourth-order valence-electron chi connectivity index (χ4n) is 6.79. The molecule has 6 rings (SSSR count). The number of rotatable bonds is 8. The van der Waals surface area contributed by atoms with Gasteiger partial charge in [-0.05, 0) is 49.1 Å². The summed E-state index contributed by atoms with van der Waals surface area (Å²) < 4.78 is 11.1. The van der Waals surface area contributed by atoms with Gasteiger partial charge in [0.1, 0.15) is 11.6 Å². The summed E-state index contributed by atoms with van der Waals surface area (Å²) in [5.74, 6) is 2.27. The Hall–Kier alpha value is -4.85. The molecule has 2 aromatic heterocycles. The van der Waals surface area contributed by atoms with Crippen LogP contribution in [0.2, 0.25) is 0 Å². The number of methoxy groups -OCH3 is 2. The Kier molecular flexibility index (Phi) is 7.52. The molecule has 1 unspecified atom stereocenters. The van der Waals surface area contributed by atoms with Crippen LogP contribution >= 0.6 is 0 Å². The number of amides is 1. The Labute approximate surface area is 251 Å². The fraction of sp³-hybridized carbons (Fsp3) is 0.286. The number of nitrogens with two attached hydrogens (primary N) is 1. The number of nitrogens with zero attached hydrogens (tertiary/aromatic N) is 3. The van der Waals surface area contributed by atoms with Crippen LogP contribution in [-0.4, -0.2) is 53.1 Å². The Balaban J connectivity index is 1.47.